The number of methoxy groups -OCH3 is 1. The lowest BCUT2D eigenvalue weighted by Crippen LogP contribution is -2.41. The molecule has 0 aromatic heterocycles. The molecule has 2 rings (SSSR count). The Labute approximate surface area is 168 Å². The van der Waals surface area contributed by atoms with E-state index < -0.39 is 0 Å². The zero-order valence-electron chi connectivity index (χ0n) is 17.9. The van der Waals surface area contributed by atoms with Crippen molar-refractivity contribution in [2.24, 2.45) is 0 Å². The Bertz CT molecular complexity index is 662. The maximum absolute atomic E-state index is 13.0. The van der Waals surface area contributed by atoms with Gasteiger partial charge in [-0.05, 0) is 56.7 Å². The lowest BCUT2D eigenvalue weighted by Gasteiger charge is -2.27. The summed E-state index contributed by atoms with van der Waals surface area (Å²) in [5.41, 5.74) is 4.74. The number of hydrogen-bond donors (Lipinski definition) is 0. The number of amides is 1. The van der Waals surface area contributed by atoms with Crippen molar-refractivity contribution in [1.29, 1.82) is 0 Å². The first-order valence-corrected chi connectivity index (χ1v) is 10.1. The van der Waals surface area contributed by atoms with Crippen LogP contribution >= 0.6 is 0 Å². The highest BCUT2D eigenvalue weighted by atomic mass is 16.7. The molecule has 0 atom stereocenters. The molecule has 0 spiro atoms. The van der Waals surface area contributed by atoms with Crippen LogP contribution in [-0.2, 0) is 25.6 Å². The zero-order chi connectivity index (χ0) is 20.7. The minimum atomic E-state index is -0.213. The van der Waals surface area contributed by atoms with E-state index in [1.807, 2.05) is 9.96 Å². The summed E-state index contributed by atoms with van der Waals surface area (Å²) in [5.74, 6) is -0.0298. The quantitative estimate of drug-likeness (QED) is 0.429. The molecular weight excluding hydrogens is 356 g/mol. The van der Waals surface area contributed by atoms with Gasteiger partial charge in [-0.15, -0.1) is 0 Å². The molecule has 0 aliphatic heterocycles. The Kier molecular flexibility index (Phi) is 8.45. The van der Waals surface area contributed by atoms with Crippen molar-refractivity contribution in [3.63, 3.8) is 0 Å². The van der Waals surface area contributed by atoms with Gasteiger partial charge in [0.15, 0.2) is 0 Å². The van der Waals surface area contributed by atoms with Gasteiger partial charge < -0.3 is 14.5 Å². The highest BCUT2D eigenvalue weighted by Gasteiger charge is 2.32. The molecule has 0 heterocycles. The highest BCUT2D eigenvalue weighted by Crippen LogP contribution is 2.28. The summed E-state index contributed by atoms with van der Waals surface area (Å²) in [6.07, 6.45) is 3.64. The smallest absolute Gasteiger partial charge is 0.305 e. The van der Waals surface area contributed by atoms with Crippen LogP contribution in [0, 0.1) is 20.8 Å². The van der Waals surface area contributed by atoms with Gasteiger partial charge in [0.1, 0.15) is 0 Å². The van der Waals surface area contributed by atoms with Gasteiger partial charge in [0.2, 0.25) is 5.91 Å². The second-order valence-electron chi connectivity index (χ2n) is 7.66. The van der Waals surface area contributed by atoms with Gasteiger partial charge in [-0.3, -0.25) is 9.59 Å². The SMILES string of the molecule is COC(=O)CCCN(CCN(C(=O)Cc1c(C)cc(C)cc1C)C1CC1)OC. The molecule has 1 aromatic carbocycles. The Morgan fingerprint density at radius 3 is 2.21 bits per heavy atom. The summed E-state index contributed by atoms with van der Waals surface area (Å²) in [6.45, 7) is 8.15. The third kappa shape index (κ3) is 6.60. The second-order valence-corrected chi connectivity index (χ2v) is 7.66. The zero-order valence-corrected chi connectivity index (χ0v) is 17.9. The van der Waals surface area contributed by atoms with E-state index in [9.17, 15) is 9.59 Å². The molecule has 0 radical (unpaired) electrons. The molecule has 28 heavy (non-hydrogen) atoms. The van der Waals surface area contributed by atoms with Gasteiger partial charge in [-0.2, -0.15) is 5.06 Å². The van der Waals surface area contributed by atoms with Crippen LogP contribution in [0.15, 0.2) is 12.1 Å². The number of carbonyl (C=O) groups is 2. The fourth-order valence-electron chi connectivity index (χ4n) is 3.65. The van der Waals surface area contributed by atoms with Crippen molar-refractivity contribution in [2.75, 3.05) is 33.9 Å². The number of hydroxylamine groups is 2. The van der Waals surface area contributed by atoms with E-state index in [4.69, 9.17) is 4.84 Å². The van der Waals surface area contributed by atoms with Crippen LogP contribution in [0.5, 0.6) is 0 Å². The average Bonchev–Trinajstić information content (AvgIpc) is 3.48. The Balaban J connectivity index is 1.92. The van der Waals surface area contributed by atoms with E-state index in [1.165, 1.54) is 23.8 Å². The molecule has 6 heteroatoms. The molecule has 6 nitrogen and oxygen atoms in total. The fraction of sp³-hybridized carbons (Fsp3) is 0.636. The molecule has 0 bridgehead atoms. The number of hydrogen-bond acceptors (Lipinski definition) is 5. The van der Waals surface area contributed by atoms with Crippen LogP contribution < -0.4 is 0 Å². The van der Waals surface area contributed by atoms with Crippen molar-refractivity contribution < 1.29 is 19.2 Å². The number of carbonyl (C=O) groups excluding carboxylic acids is 2. The van der Waals surface area contributed by atoms with Crippen molar-refractivity contribution >= 4 is 11.9 Å². The third-order valence-corrected chi connectivity index (χ3v) is 5.34. The minimum Gasteiger partial charge on any atom is -0.469 e. The van der Waals surface area contributed by atoms with Crippen molar-refractivity contribution in [1.82, 2.24) is 9.96 Å². The maximum atomic E-state index is 13.0. The summed E-state index contributed by atoms with van der Waals surface area (Å²) in [4.78, 5) is 31.7. The number of esters is 1. The molecule has 0 saturated heterocycles. The number of ether oxygens (including phenoxy) is 1. The molecule has 1 aliphatic rings. The van der Waals surface area contributed by atoms with E-state index in [-0.39, 0.29) is 11.9 Å². The normalized spacial score (nSPS) is 13.6. The standard InChI is InChI=1S/C22H34N2O4/c1-16-13-17(2)20(18(3)14-16)15-21(25)24(19-8-9-19)12-11-23(28-5)10-6-7-22(26)27-4/h13-14,19H,6-12,15H2,1-5H3. The molecule has 1 amide bonds. The lowest BCUT2D eigenvalue weighted by molar-refractivity contribution is -0.147. The van der Waals surface area contributed by atoms with Crippen molar-refractivity contribution in [3.8, 4) is 0 Å². The first kappa shape index (κ1) is 22.4. The van der Waals surface area contributed by atoms with Gasteiger partial charge in [-0.25, -0.2) is 0 Å². The van der Waals surface area contributed by atoms with Crippen LogP contribution in [0.1, 0.15) is 47.9 Å². The van der Waals surface area contributed by atoms with E-state index >= 15 is 0 Å². The first-order valence-electron chi connectivity index (χ1n) is 10.1. The number of nitrogens with zero attached hydrogens (tertiary/aromatic N) is 2. The van der Waals surface area contributed by atoms with Crippen LogP contribution in [0.4, 0.5) is 0 Å². The Morgan fingerprint density at radius 2 is 1.68 bits per heavy atom. The molecule has 1 saturated carbocycles. The van der Waals surface area contributed by atoms with Gasteiger partial charge in [-0.1, -0.05) is 17.7 Å². The minimum absolute atomic E-state index is 0.183. The summed E-state index contributed by atoms with van der Waals surface area (Å²) in [7, 11) is 3.02. The number of rotatable bonds is 11. The van der Waals surface area contributed by atoms with Crippen LogP contribution in [0.25, 0.3) is 0 Å². The largest absolute Gasteiger partial charge is 0.469 e. The van der Waals surface area contributed by atoms with E-state index in [1.54, 1.807) is 7.11 Å². The first-order chi connectivity index (χ1) is 13.3. The Morgan fingerprint density at radius 1 is 1.04 bits per heavy atom. The van der Waals surface area contributed by atoms with E-state index in [0.717, 1.165) is 18.4 Å². The summed E-state index contributed by atoms with van der Waals surface area (Å²) in [6, 6.07) is 4.64. The van der Waals surface area contributed by atoms with Gasteiger partial charge >= 0.3 is 5.97 Å². The van der Waals surface area contributed by atoms with Gasteiger partial charge in [0.25, 0.3) is 0 Å². The number of aryl methyl sites for hydroxylation is 3. The van der Waals surface area contributed by atoms with Crippen molar-refractivity contribution in [2.45, 2.75) is 58.9 Å². The average molecular weight is 391 g/mol. The molecule has 1 fully saturated rings. The predicted molar refractivity (Wildman–Crippen MR) is 109 cm³/mol. The lowest BCUT2D eigenvalue weighted by atomic mass is 9.97. The second kappa shape index (κ2) is 10.6. The Hall–Kier alpha value is -1.92. The maximum Gasteiger partial charge on any atom is 0.305 e. The molecular formula is C22H34N2O4. The van der Waals surface area contributed by atoms with Crippen LogP contribution in [-0.4, -0.2) is 61.7 Å². The molecule has 1 aliphatic carbocycles. The summed E-state index contributed by atoms with van der Waals surface area (Å²) < 4.78 is 4.67. The summed E-state index contributed by atoms with van der Waals surface area (Å²) in [5, 5.41) is 1.81. The molecule has 1 aromatic rings. The van der Waals surface area contributed by atoms with Crippen LogP contribution in [0.2, 0.25) is 0 Å². The van der Waals surface area contributed by atoms with Crippen molar-refractivity contribution in [3.05, 3.63) is 34.4 Å². The number of benzene rings is 1. The fourth-order valence-corrected chi connectivity index (χ4v) is 3.65. The van der Waals surface area contributed by atoms with E-state index in [0.29, 0.717) is 44.9 Å². The molecule has 0 unspecified atom stereocenters. The van der Waals surface area contributed by atoms with Gasteiger partial charge in [0.05, 0.1) is 20.6 Å². The topological polar surface area (TPSA) is 59.1 Å². The van der Waals surface area contributed by atoms with E-state index in [2.05, 4.69) is 37.6 Å². The molecule has 156 valence electrons. The third-order valence-electron chi connectivity index (χ3n) is 5.34. The van der Waals surface area contributed by atoms with Crippen LogP contribution in [0.3, 0.4) is 0 Å². The monoisotopic (exact) mass is 390 g/mol. The molecule has 0 N–H and O–H groups in total. The van der Waals surface area contributed by atoms with Gasteiger partial charge in [0, 0.05) is 32.1 Å². The predicted octanol–water partition coefficient (Wildman–Crippen LogP) is 2.96. The highest BCUT2D eigenvalue weighted by molar-refractivity contribution is 5.80. The summed E-state index contributed by atoms with van der Waals surface area (Å²) >= 11 is 0.